The van der Waals surface area contributed by atoms with Crippen LogP contribution in [-0.2, 0) is 4.79 Å². The van der Waals surface area contributed by atoms with E-state index in [4.69, 9.17) is 4.74 Å². The number of nitrogens with zero attached hydrogens (tertiary/aromatic N) is 2. The molecule has 1 aromatic rings. The molecular formula is C10H14N2O2. The summed E-state index contributed by atoms with van der Waals surface area (Å²) in [6.45, 7) is 5.77. The second-order valence-electron chi connectivity index (χ2n) is 3.05. The van der Waals surface area contributed by atoms with Gasteiger partial charge < -0.3 is 4.74 Å². The molecule has 0 fully saturated rings. The third-order valence-electron chi connectivity index (χ3n) is 1.98. The van der Waals surface area contributed by atoms with Crippen molar-refractivity contribution in [3.63, 3.8) is 0 Å². The highest BCUT2D eigenvalue weighted by atomic mass is 16.5. The minimum Gasteiger partial charge on any atom is -0.477 e. The van der Waals surface area contributed by atoms with Crippen LogP contribution in [0.4, 0.5) is 0 Å². The van der Waals surface area contributed by atoms with Gasteiger partial charge in [0.05, 0.1) is 24.4 Å². The number of rotatable bonds is 4. The SMILES string of the molecule is CCOc1cncc(C(C)C(C)=O)n1. The van der Waals surface area contributed by atoms with Crippen LogP contribution in [0.2, 0.25) is 0 Å². The molecule has 1 atom stereocenters. The number of carbonyl (C=O) groups is 1. The fourth-order valence-electron chi connectivity index (χ4n) is 0.997. The first-order chi connectivity index (χ1) is 6.65. The first kappa shape index (κ1) is 10.6. The van der Waals surface area contributed by atoms with Gasteiger partial charge in [0.25, 0.3) is 0 Å². The number of Topliss-reactive ketones (excluding diaryl/α,β-unsaturated/α-hetero) is 1. The quantitative estimate of drug-likeness (QED) is 0.730. The standard InChI is InChI=1S/C10H14N2O2/c1-4-14-10-6-11-5-9(12-10)7(2)8(3)13/h5-7H,4H2,1-3H3. The number of carbonyl (C=O) groups excluding carboxylic acids is 1. The second-order valence-corrected chi connectivity index (χ2v) is 3.05. The van der Waals surface area contributed by atoms with Crippen LogP contribution in [0, 0.1) is 0 Å². The van der Waals surface area contributed by atoms with Gasteiger partial charge in [-0.15, -0.1) is 0 Å². The Kier molecular flexibility index (Phi) is 3.56. The van der Waals surface area contributed by atoms with Gasteiger partial charge in [0, 0.05) is 6.20 Å². The Morgan fingerprint density at radius 1 is 1.57 bits per heavy atom. The van der Waals surface area contributed by atoms with Crippen LogP contribution in [0.15, 0.2) is 12.4 Å². The van der Waals surface area contributed by atoms with Gasteiger partial charge in [-0.3, -0.25) is 9.78 Å². The summed E-state index contributed by atoms with van der Waals surface area (Å²) in [6.07, 6.45) is 3.13. The summed E-state index contributed by atoms with van der Waals surface area (Å²) in [5.41, 5.74) is 0.656. The van der Waals surface area contributed by atoms with Gasteiger partial charge in [-0.2, -0.15) is 0 Å². The van der Waals surface area contributed by atoms with Crippen LogP contribution in [0.3, 0.4) is 0 Å². The van der Waals surface area contributed by atoms with Crippen molar-refractivity contribution in [1.29, 1.82) is 0 Å². The predicted octanol–water partition coefficient (Wildman–Crippen LogP) is 1.57. The molecule has 1 aromatic heterocycles. The van der Waals surface area contributed by atoms with Gasteiger partial charge in [-0.25, -0.2) is 4.98 Å². The monoisotopic (exact) mass is 194 g/mol. The number of hydrogen-bond acceptors (Lipinski definition) is 4. The van der Waals surface area contributed by atoms with Crippen LogP contribution in [0.1, 0.15) is 32.4 Å². The maximum atomic E-state index is 11.1. The summed E-state index contributed by atoms with van der Waals surface area (Å²) in [5, 5.41) is 0. The number of ether oxygens (including phenoxy) is 1. The average Bonchev–Trinajstić information content (AvgIpc) is 2.17. The van der Waals surface area contributed by atoms with Gasteiger partial charge in [0.15, 0.2) is 0 Å². The Bertz CT molecular complexity index is 326. The molecule has 0 saturated heterocycles. The molecule has 4 heteroatoms. The zero-order valence-electron chi connectivity index (χ0n) is 8.65. The normalized spacial score (nSPS) is 12.2. The largest absolute Gasteiger partial charge is 0.477 e. The zero-order chi connectivity index (χ0) is 10.6. The molecule has 0 N–H and O–H groups in total. The first-order valence-electron chi connectivity index (χ1n) is 4.60. The molecule has 0 amide bonds. The molecule has 0 aliphatic carbocycles. The first-order valence-corrected chi connectivity index (χ1v) is 4.60. The Morgan fingerprint density at radius 2 is 2.29 bits per heavy atom. The molecule has 76 valence electrons. The summed E-state index contributed by atoms with van der Waals surface area (Å²) in [5.74, 6) is 0.328. The van der Waals surface area contributed by atoms with Crippen LogP contribution >= 0.6 is 0 Å². The van der Waals surface area contributed by atoms with E-state index in [0.717, 1.165) is 0 Å². The van der Waals surface area contributed by atoms with E-state index >= 15 is 0 Å². The molecule has 0 bridgehead atoms. The van der Waals surface area contributed by atoms with Crippen molar-refractivity contribution in [1.82, 2.24) is 9.97 Å². The summed E-state index contributed by atoms with van der Waals surface area (Å²) in [6, 6.07) is 0. The summed E-state index contributed by atoms with van der Waals surface area (Å²) in [7, 11) is 0. The summed E-state index contributed by atoms with van der Waals surface area (Å²) < 4.78 is 5.19. The molecule has 14 heavy (non-hydrogen) atoms. The Morgan fingerprint density at radius 3 is 2.86 bits per heavy atom. The van der Waals surface area contributed by atoms with Gasteiger partial charge in [0.2, 0.25) is 5.88 Å². The van der Waals surface area contributed by atoms with Crippen molar-refractivity contribution < 1.29 is 9.53 Å². The molecular weight excluding hydrogens is 180 g/mol. The van der Waals surface area contributed by atoms with E-state index in [0.29, 0.717) is 18.2 Å². The molecule has 1 unspecified atom stereocenters. The van der Waals surface area contributed by atoms with E-state index in [-0.39, 0.29) is 11.7 Å². The lowest BCUT2D eigenvalue weighted by Crippen LogP contribution is -2.08. The highest BCUT2D eigenvalue weighted by Gasteiger charge is 2.12. The van der Waals surface area contributed by atoms with Crippen LogP contribution in [-0.4, -0.2) is 22.4 Å². The van der Waals surface area contributed by atoms with Crippen molar-refractivity contribution in [2.45, 2.75) is 26.7 Å². The molecule has 4 nitrogen and oxygen atoms in total. The molecule has 0 aliphatic heterocycles. The molecule has 0 aromatic carbocycles. The van der Waals surface area contributed by atoms with Crippen LogP contribution in [0.25, 0.3) is 0 Å². The second kappa shape index (κ2) is 4.69. The van der Waals surface area contributed by atoms with Crippen molar-refractivity contribution in [3.8, 4) is 5.88 Å². The predicted molar refractivity (Wildman–Crippen MR) is 52.3 cm³/mol. The highest BCUT2D eigenvalue weighted by molar-refractivity contribution is 5.82. The van der Waals surface area contributed by atoms with Gasteiger partial charge >= 0.3 is 0 Å². The molecule has 0 radical (unpaired) electrons. The lowest BCUT2D eigenvalue weighted by Gasteiger charge is -2.07. The highest BCUT2D eigenvalue weighted by Crippen LogP contribution is 2.15. The van der Waals surface area contributed by atoms with E-state index in [1.165, 1.54) is 0 Å². The van der Waals surface area contributed by atoms with Gasteiger partial charge in [-0.1, -0.05) is 0 Å². The smallest absolute Gasteiger partial charge is 0.232 e. The average molecular weight is 194 g/mol. The van der Waals surface area contributed by atoms with E-state index in [1.807, 2.05) is 13.8 Å². The maximum absolute atomic E-state index is 11.1. The fraction of sp³-hybridized carbons (Fsp3) is 0.500. The topological polar surface area (TPSA) is 52.1 Å². The molecule has 0 spiro atoms. The number of hydrogen-bond donors (Lipinski definition) is 0. The van der Waals surface area contributed by atoms with E-state index in [2.05, 4.69) is 9.97 Å². The lowest BCUT2D eigenvalue weighted by molar-refractivity contribution is -0.118. The summed E-state index contributed by atoms with van der Waals surface area (Å²) in [4.78, 5) is 19.2. The van der Waals surface area contributed by atoms with Crippen molar-refractivity contribution in [2.75, 3.05) is 6.61 Å². The van der Waals surface area contributed by atoms with E-state index < -0.39 is 0 Å². The zero-order valence-corrected chi connectivity index (χ0v) is 8.65. The third kappa shape index (κ3) is 2.52. The van der Waals surface area contributed by atoms with Gasteiger partial charge in [0.1, 0.15) is 5.78 Å². The van der Waals surface area contributed by atoms with Crippen LogP contribution < -0.4 is 4.74 Å². The lowest BCUT2D eigenvalue weighted by atomic mass is 10.0. The summed E-state index contributed by atoms with van der Waals surface area (Å²) >= 11 is 0. The molecule has 1 rings (SSSR count). The van der Waals surface area contributed by atoms with Crippen molar-refractivity contribution >= 4 is 5.78 Å². The number of aromatic nitrogens is 2. The molecule has 0 aliphatic rings. The minimum atomic E-state index is -0.220. The van der Waals surface area contributed by atoms with Crippen molar-refractivity contribution in [3.05, 3.63) is 18.1 Å². The third-order valence-corrected chi connectivity index (χ3v) is 1.98. The minimum absolute atomic E-state index is 0.0768. The number of ketones is 1. The molecule has 1 heterocycles. The van der Waals surface area contributed by atoms with Crippen molar-refractivity contribution in [2.24, 2.45) is 0 Å². The Balaban J connectivity index is 2.87. The Hall–Kier alpha value is -1.45. The fourth-order valence-corrected chi connectivity index (χ4v) is 0.997. The molecule has 0 saturated carbocycles. The van der Waals surface area contributed by atoms with E-state index in [9.17, 15) is 4.79 Å². The Labute approximate surface area is 83.3 Å². The van der Waals surface area contributed by atoms with Crippen LogP contribution in [0.5, 0.6) is 5.88 Å². The van der Waals surface area contributed by atoms with E-state index in [1.54, 1.807) is 19.3 Å². The maximum Gasteiger partial charge on any atom is 0.232 e. The van der Waals surface area contributed by atoms with Gasteiger partial charge in [-0.05, 0) is 20.8 Å².